The fourth-order valence-corrected chi connectivity index (χ4v) is 2.90. The molecule has 1 heterocycles. The molecule has 0 bridgehead atoms. The van der Waals surface area contributed by atoms with Gasteiger partial charge < -0.3 is 9.73 Å². The molecule has 19 heavy (non-hydrogen) atoms. The van der Waals surface area contributed by atoms with Gasteiger partial charge >= 0.3 is 0 Å². The first-order valence-electron chi connectivity index (χ1n) is 6.54. The van der Waals surface area contributed by atoms with Crippen molar-refractivity contribution in [2.45, 2.75) is 32.0 Å². The third-order valence-corrected chi connectivity index (χ3v) is 3.80. The summed E-state index contributed by atoms with van der Waals surface area (Å²) < 4.78 is 5.38. The fourth-order valence-electron chi connectivity index (χ4n) is 1.96. The SMILES string of the molecule is CCNC(CSc1nc(C)co1)c1cccc(C)c1. The third-order valence-electron chi connectivity index (χ3n) is 2.87. The van der Waals surface area contributed by atoms with E-state index in [1.54, 1.807) is 18.0 Å². The lowest BCUT2D eigenvalue weighted by molar-refractivity contribution is 0.453. The Kier molecular flexibility index (Phi) is 5.05. The molecule has 2 rings (SSSR count). The normalized spacial score (nSPS) is 12.6. The van der Waals surface area contributed by atoms with Gasteiger partial charge in [0.15, 0.2) is 0 Å². The van der Waals surface area contributed by atoms with Gasteiger partial charge in [0, 0.05) is 11.8 Å². The van der Waals surface area contributed by atoms with Crippen LogP contribution < -0.4 is 5.32 Å². The second-order valence-electron chi connectivity index (χ2n) is 4.59. The molecule has 1 unspecified atom stereocenters. The van der Waals surface area contributed by atoms with Gasteiger partial charge in [-0.2, -0.15) is 0 Å². The van der Waals surface area contributed by atoms with Gasteiger partial charge in [-0.05, 0) is 26.0 Å². The van der Waals surface area contributed by atoms with Crippen LogP contribution in [0.1, 0.15) is 29.8 Å². The predicted octanol–water partition coefficient (Wildman–Crippen LogP) is 3.73. The van der Waals surface area contributed by atoms with E-state index in [0.29, 0.717) is 6.04 Å². The van der Waals surface area contributed by atoms with Crippen molar-refractivity contribution in [1.29, 1.82) is 0 Å². The van der Waals surface area contributed by atoms with Crippen LogP contribution in [0, 0.1) is 13.8 Å². The molecule has 1 aromatic carbocycles. The Balaban J connectivity index is 2.03. The molecule has 0 aliphatic rings. The van der Waals surface area contributed by atoms with Crippen LogP contribution in [0.4, 0.5) is 0 Å². The first-order chi connectivity index (χ1) is 9.19. The number of thioether (sulfide) groups is 1. The summed E-state index contributed by atoms with van der Waals surface area (Å²) in [6.45, 7) is 7.14. The average molecular weight is 276 g/mol. The minimum Gasteiger partial charge on any atom is -0.440 e. The summed E-state index contributed by atoms with van der Waals surface area (Å²) in [5.41, 5.74) is 3.54. The number of oxazole rings is 1. The molecule has 1 aromatic heterocycles. The van der Waals surface area contributed by atoms with E-state index in [-0.39, 0.29) is 0 Å². The summed E-state index contributed by atoms with van der Waals surface area (Å²) in [6, 6.07) is 8.95. The van der Waals surface area contributed by atoms with Crippen LogP contribution in [0.5, 0.6) is 0 Å². The monoisotopic (exact) mass is 276 g/mol. The number of hydrogen-bond acceptors (Lipinski definition) is 4. The summed E-state index contributed by atoms with van der Waals surface area (Å²) >= 11 is 1.65. The Labute approximate surface area is 118 Å². The molecule has 1 N–H and O–H groups in total. The summed E-state index contributed by atoms with van der Waals surface area (Å²) in [5, 5.41) is 4.26. The van der Waals surface area contributed by atoms with Crippen LogP contribution in [0.2, 0.25) is 0 Å². The molecule has 4 heteroatoms. The van der Waals surface area contributed by atoms with Gasteiger partial charge in [-0.1, -0.05) is 48.5 Å². The van der Waals surface area contributed by atoms with E-state index in [1.165, 1.54) is 11.1 Å². The predicted molar refractivity (Wildman–Crippen MR) is 79.6 cm³/mol. The molecular formula is C15H20N2OS. The zero-order chi connectivity index (χ0) is 13.7. The molecule has 0 saturated heterocycles. The van der Waals surface area contributed by atoms with Crippen molar-refractivity contribution in [2.75, 3.05) is 12.3 Å². The lowest BCUT2D eigenvalue weighted by Gasteiger charge is -2.17. The molecule has 0 aliphatic heterocycles. The highest BCUT2D eigenvalue weighted by atomic mass is 32.2. The zero-order valence-corrected chi connectivity index (χ0v) is 12.5. The van der Waals surface area contributed by atoms with Crippen molar-refractivity contribution in [3.05, 3.63) is 47.3 Å². The van der Waals surface area contributed by atoms with Crippen LogP contribution >= 0.6 is 11.8 Å². The maximum Gasteiger partial charge on any atom is 0.255 e. The van der Waals surface area contributed by atoms with E-state index in [9.17, 15) is 0 Å². The van der Waals surface area contributed by atoms with Gasteiger partial charge in [-0.3, -0.25) is 0 Å². The van der Waals surface area contributed by atoms with E-state index < -0.39 is 0 Å². The van der Waals surface area contributed by atoms with E-state index in [2.05, 4.69) is 48.4 Å². The zero-order valence-electron chi connectivity index (χ0n) is 11.6. The Bertz CT molecular complexity index is 524. The van der Waals surface area contributed by atoms with Gasteiger partial charge in [0.2, 0.25) is 0 Å². The number of nitrogens with zero attached hydrogens (tertiary/aromatic N) is 1. The number of nitrogens with one attached hydrogen (secondary N) is 1. The molecule has 0 fully saturated rings. The van der Waals surface area contributed by atoms with Gasteiger partial charge in [-0.15, -0.1) is 0 Å². The van der Waals surface area contributed by atoms with Crippen LogP contribution in [0.25, 0.3) is 0 Å². The molecule has 0 radical (unpaired) electrons. The second kappa shape index (κ2) is 6.78. The molecular weight excluding hydrogens is 256 g/mol. The number of rotatable bonds is 6. The quantitative estimate of drug-likeness (QED) is 0.816. The summed E-state index contributed by atoms with van der Waals surface area (Å²) in [6.07, 6.45) is 1.69. The van der Waals surface area contributed by atoms with Gasteiger partial charge in [0.05, 0.1) is 5.69 Å². The molecule has 0 aliphatic carbocycles. The maximum absolute atomic E-state index is 5.38. The van der Waals surface area contributed by atoms with Crippen molar-refractivity contribution >= 4 is 11.8 Å². The van der Waals surface area contributed by atoms with Crippen molar-refractivity contribution in [2.24, 2.45) is 0 Å². The molecule has 2 aromatic rings. The molecule has 0 amide bonds. The second-order valence-corrected chi connectivity index (χ2v) is 5.56. The molecule has 0 spiro atoms. The Morgan fingerprint density at radius 2 is 2.21 bits per heavy atom. The number of benzene rings is 1. The summed E-state index contributed by atoms with van der Waals surface area (Å²) in [5.74, 6) is 0.914. The van der Waals surface area contributed by atoms with E-state index >= 15 is 0 Å². The summed E-state index contributed by atoms with van der Waals surface area (Å²) in [7, 11) is 0. The van der Waals surface area contributed by atoms with Gasteiger partial charge in [-0.25, -0.2) is 4.98 Å². The fraction of sp³-hybridized carbons (Fsp3) is 0.400. The smallest absolute Gasteiger partial charge is 0.255 e. The van der Waals surface area contributed by atoms with Gasteiger partial charge in [0.1, 0.15) is 6.26 Å². The van der Waals surface area contributed by atoms with Gasteiger partial charge in [0.25, 0.3) is 5.22 Å². The van der Waals surface area contributed by atoms with Crippen LogP contribution in [-0.4, -0.2) is 17.3 Å². The van der Waals surface area contributed by atoms with E-state index in [1.807, 2.05) is 6.92 Å². The lowest BCUT2D eigenvalue weighted by atomic mass is 10.1. The Morgan fingerprint density at radius 3 is 2.84 bits per heavy atom. The lowest BCUT2D eigenvalue weighted by Crippen LogP contribution is -2.23. The summed E-state index contributed by atoms with van der Waals surface area (Å²) in [4.78, 5) is 4.32. The number of aryl methyl sites for hydroxylation is 2. The molecule has 0 saturated carbocycles. The maximum atomic E-state index is 5.38. The van der Waals surface area contributed by atoms with Crippen LogP contribution in [-0.2, 0) is 0 Å². The Hall–Kier alpha value is -1.26. The highest BCUT2D eigenvalue weighted by molar-refractivity contribution is 7.99. The highest BCUT2D eigenvalue weighted by Gasteiger charge is 2.12. The average Bonchev–Trinajstić information content (AvgIpc) is 2.80. The van der Waals surface area contributed by atoms with Crippen molar-refractivity contribution < 1.29 is 4.42 Å². The highest BCUT2D eigenvalue weighted by Crippen LogP contribution is 2.24. The van der Waals surface area contributed by atoms with Crippen molar-refractivity contribution in [1.82, 2.24) is 10.3 Å². The van der Waals surface area contributed by atoms with Crippen LogP contribution in [0.3, 0.4) is 0 Å². The van der Waals surface area contributed by atoms with Crippen molar-refractivity contribution in [3.63, 3.8) is 0 Å². The molecule has 3 nitrogen and oxygen atoms in total. The van der Waals surface area contributed by atoms with Crippen molar-refractivity contribution in [3.8, 4) is 0 Å². The largest absolute Gasteiger partial charge is 0.440 e. The minimum absolute atomic E-state index is 0.321. The third kappa shape index (κ3) is 4.11. The number of aromatic nitrogens is 1. The van der Waals surface area contributed by atoms with E-state index in [4.69, 9.17) is 4.42 Å². The minimum atomic E-state index is 0.321. The number of hydrogen-bond donors (Lipinski definition) is 1. The first-order valence-corrected chi connectivity index (χ1v) is 7.52. The Morgan fingerprint density at radius 1 is 1.37 bits per heavy atom. The topological polar surface area (TPSA) is 38.1 Å². The van der Waals surface area contributed by atoms with E-state index in [0.717, 1.165) is 23.2 Å². The first kappa shape index (κ1) is 14.2. The molecule has 1 atom stereocenters. The molecule has 102 valence electrons. The standard InChI is InChI=1S/C15H20N2OS/c1-4-16-14(13-7-5-6-11(2)8-13)10-19-15-17-12(3)9-18-15/h5-9,14,16H,4,10H2,1-3H3. The van der Waals surface area contributed by atoms with Crippen LogP contribution in [0.15, 0.2) is 40.2 Å².